The zero-order valence-electron chi connectivity index (χ0n) is 14.3. The molecule has 1 atom stereocenters. The molecule has 3 aromatic carbocycles. The minimum absolute atomic E-state index is 0.195. The van der Waals surface area contributed by atoms with Crippen molar-refractivity contribution in [1.29, 1.82) is 0 Å². The van der Waals surface area contributed by atoms with Crippen LogP contribution in [-0.4, -0.2) is 11.7 Å². The van der Waals surface area contributed by atoms with Gasteiger partial charge in [-0.05, 0) is 29.8 Å². The highest BCUT2D eigenvalue weighted by molar-refractivity contribution is 6.33. The molecule has 1 heterocycles. The monoisotopic (exact) mass is 377 g/mol. The standard InChI is InChI=1S/C22H16ClNO3/c23-18-12-6-4-10-16(18)22(25)27-24-19-14-21(15-8-2-1-3-9-15)26-20-13-7-5-11-17(19)20/h1-13,21H,14H2/b24-19+. The molecule has 1 aliphatic rings. The average Bonchev–Trinajstić information content (AvgIpc) is 2.72. The number of oxime groups is 1. The van der Waals surface area contributed by atoms with Gasteiger partial charge in [0.2, 0.25) is 0 Å². The molecule has 3 aromatic rings. The fourth-order valence-electron chi connectivity index (χ4n) is 3.00. The number of ether oxygens (including phenoxy) is 1. The van der Waals surface area contributed by atoms with Gasteiger partial charge in [0.1, 0.15) is 11.9 Å². The number of carbonyl (C=O) groups is 1. The SMILES string of the molecule is O=C(O/N=C1\CC(c2ccccc2)Oc2ccccc21)c1ccccc1Cl. The third-order valence-electron chi connectivity index (χ3n) is 4.35. The summed E-state index contributed by atoms with van der Waals surface area (Å²) in [6.45, 7) is 0. The second-order valence-electron chi connectivity index (χ2n) is 6.11. The number of hydrogen-bond donors (Lipinski definition) is 0. The Morgan fingerprint density at radius 3 is 2.48 bits per heavy atom. The van der Waals surface area contributed by atoms with Crippen LogP contribution in [0.2, 0.25) is 5.02 Å². The van der Waals surface area contributed by atoms with Crippen molar-refractivity contribution in [3.8, 4) is 5.75 Å². The first-order valence-corrected chi connectivity index (χ1v) is 8.94. The first kappa shape index (κ1) is 17.3. The zero-order valence-corrected chi connectivity index (χ0v) is 15.1. The number of fused-ring (bicyclic) bond motifs is 1. The molecule has 0 aromatic heterocycles. The van der Waals surface area contributed by atoms with Gasteiger partial charge in [0.15, 0.2) is 0 Å². The average molecular weight is 378 g/mol. The van der Waals surface area contributed by atoms with Crippen molar-refractivity contribution in [2.45, 2.75) is 12.5 Å². The molecular formula is C22H16ClNO3. The molecule has 1 aliphatic heterocycles. The lowest BCUT2D eigenvalue weighted by Crippen LogP contribution is -2.21. The predicted octanol–water partition coefficient (Wildman–Crippen LogP) is 5.42. The van der Waals surface area contributed by atoms with Crippen molar-refractivity contribution in [3.63, 3.8) is 0 Å². The van der Waals surface area contributed by atoms with Crippen molar-refractivity contribution in [3.05, 3.63) is 101 Å². The molecule has 4 rings (SSSR count). The summed E-state index contributed by atoms with van der Waals surface area (Å²) in [5.74, 6) is 0.124. The van der Waals surface area contributed by atoms with Crippen molar-refractivity contribution >= 4 is 23.3 Å². The van der Waals surface area contributed by atoms with Gasteiger partial charge in [-0.25, -0.2) is 4.79 Å². The molecular weight excluding hydrogens is 362 g/mol. The summed E-state index contributed by atoms with van der Waals surface area (Å²) in [6, 6.07) is 24.2. The fourth-order valence-corrected chi connectivity index (χ4v) is 3.21. The van der Waals surface area contributed by atoms with Crippen LogP contribution in [0, 0.1) is 0 Å². The quantitative estimate of drug-likeness (QED) is 0.452. The normalized spacial score (nSPS) is 17.1. The molecule has 5 heteroatoms. The van der Waals surface area contributed by atoms with Crippen LogP contribution in [0.3, 0.4) is 0 Å². The Morgan fingerprint density at radius 2 is 1.67 bits per heavy atom. The number of carbonyl (C=O) groups excluding carboxylic acids is 1. The number of nitrogens with zero attached hydrogens (tertiary/aromatic N) is 1. The lowest BCUT2D eigenvalue weighted by atomic mass is 9.96. The van der Waals surface area contributed by atoms with Crippen LogP contribution in [0.5, 0.6) is 5.75 Å². The summed E-state index contributed by atoms with van der Waals surface area (Å²) in [7, 11) is 0. The predicted molar refractivity (Wildman–Crippen MR) is 104 cm³/mol. The van der Waals surface area contributed by atoms with E-state index in [9.17, 15) is 4.79 Å². The minimum atomic E-state index is -0.590. The lowest BCUT2D eigenvalue weighted by Gasteiger charge is -2.27. The summed E-state index contributed by atoms with van der Waals surface area (Å²) in [6.07, 6.45) is 0.301. The van der Waals surface area contributed by atoms with E-state index in [2.05, 4.69) is 5.16 Å². The van der Waals surface area contributed by atoms with Gasteiger partial charge in [0, 0.05) is 12.0 Å². The Hall–Kier alpha value is -3.11. The fraction of sp³-hybridized carbons (Fsp3) is 0.0909. The molecule has 0 spiro atoms. The van der Waals surface area contributed by atoms with Crippen molar-refractivity contribution < 1.29 is 14.4 Å². The highest BCUT2D eigenvalue weighted by atomic mass is 35.5. The first-order valence-electron chi connectivity index (χ1n) is 8.56. The van der Waals surface area contributed by atoms with Crippen LogP contribution in [0.25, 0.3) is 0 Å². The van der Waals surface area contributed by atoms with E-state index in [1.165, 1.54) is 0 Å². The van der Waals surface area contributed by atoms with Crippen molar-refractivity contribution in [2.75, 3.05) is 0 Å². The summed E-state index contributed by atoms with van der Waals surface area (Å²) in [5.41, 5.74) is 2.79. The molecule has 4 nitrogen and oxygen atoms in total. The van der Waals surface area contributed by atoms with E-state index in [0.717, 1.165) is 11.1 Å². The summed E-state index contributed by atoms with van der Waals surface area (Å²) in [4.78, 5) is 17.5. The van der Waals surface area contributed by atoms with E-state index in [1.807, 2.05) is 54.6 Å². The van der Waals surface area contributed by atoms with Crippen LogP contribution >= 0.6 is 11.6 Å². The molecule has 0 radical (unpaired) electrons. The molecule has 0 saturated carbocycles. The number of benzene rings is 3. The van der Waals surface area contributed by atoms with Crippen molar-refractivity contribution in [1.82, 2.24) is 0 Å². The molecule has 0 bridgehead atoms. The molecule has 0 saturated heterocycles. The van der Waals surface area contributed by atoms with Gasteiger partial charge in [0.25, 0.3) is 0 Å². The lowest BCUT2D eigenvalue weighted by molar-refractivity contribution is 0.0513. The van der Waals surface area contributed by atoms with Gasteiger partial charge >= 0.3 is 5.97 Å². The van der Waals surface area contributed by atoms with E-state index >= 15 is 0 Å². The van der Waals surface area contributed by atoms with Gasteiger partial charge in [-0.2, -0.15) is 0 Å². The highest BCUT2D eigenvalue weighted by Crippen LogP contribution is 2.35. The maximum atomic E-state index is 12.3. The topological polar surface area (TPSA) is 47.9 Å². The Bertz CT molecular complexity index is 1000. The van der Waals surface area contributed by atoms with E-state index in [1.54, 1.807) is 24.3 Å². The van der Waals surface area contributed by atoms with Crippen LogP contribution in [0.15, 0.2) is 84.0 Å². The molecule has 1 unspecified atom stereocenters. The molecule has 0 amide bonds. The van der Waals surface area contributed by atoms with Crippen LogP contribution in [-0.2, 0) is 4.84 Å². The molecule has 0 fully saturated rings. The smallest absolute Gasteiger partial charge is 0.367 e. The van der Waals surface area contributed by atoms with Gasteiger partial charge < -0.3 is 9.57 Å². The Labute approximate surface area is 162 Å². The molecule has 134 valence electrons. The number of rotatable bonds is 3. The van der Waals surface area contributed by atoms with Crippen LogP contribution in [0.1, 0.15) is 34.0 Å². The zero-order chi connectivity index (χ0) is 18.6. The molecule has 27 heavy (non-hydrogen) atoms. The van der Waals surface area contributed by atoms with Gasteiger partial charge in [-0.1, -0.05) is 71.4 Å². The Morgan fingerprint density at radius 1 is 0.963 bits per heavy atom. The molecule has 0 aliphatic carbocycles. The number of para-hydroxylation sites is 1. The Balaban J connectivity index is 1.63. The number of halogens is 1. The highest BCUT2D eigenvalue weighted by Gasteiger charge is 2.27. The van der Waals surface area contributed by atoms with E-state index in [0.29, 0.717) is 22.9 Å². The van der Waals surface area contributed by atoms with Crippen molar-refractivity contribution in [2.24, 2.45) is 5.16 Å². The van der Waals surface area contributed by atoms with Gasteiger partial charge in [0.05, 0.1) is 16.3 Å². The van der Waals surface area contributed by atoms with E-state index in [-0.39, 0.29) is 11.7 Å². The largest absolute Gasteiger partial charge is 0.485 e. The third kappa shape index (κ3) is 3.71. The van der Waals surface area contributed by atoms with Crippen LogP contribution in [0.4, 0.5) is 0 Å². The number of hydrogen-bond acceptors (Lipinski definition) is 4. The summed E-state index contributed by atoms with van der Waals surface area (Å²) < 4.78 is 6.12. The van der Waals surface area contributed by atoms with E-state index < -0.39 is 5.97 Å². The first-order chi connectivity index (χ1) is 13.2. The minimum Gasteiger partial charge on any atom is -0.485 e. The maximum absolute atomic E-state index is 12.3. The van der Waals surface area contributed by atoms with E-state index in [4.69, 9.17) is 21.2 Å². The summed E-state index contributed by atoms with van der Waals surface area (Å²) in [5, 5.41) is 4.48. The second kappa shape index (κ2) is 7.64. The second-order valence-corrected chi connectivity index (χ2v) is 6.52. The summed E-state index contributed by atoms with van der Waals surface area (Å²) >= 11 is 6.06. The van der Waals surface area contributed by atoms with Gasteiger partial charge in [-0.3, -0.25) is 0 Å². The Kier molecular flexibility index (Phi) is 4.90. The third-order valence-corrected chi connectivity index (χ3v) is 4.68. The maximum Gasteiger partial charge on any atom is 0.367 e. The molecule has 0 N–H and O–H groups in total. The van der Waals surface area contributed by atoms with Gasteiger partial charge in [-0.15, -0.1) is 0 Å². The van der Waals surface area contributed by atoms with Crippen LogP contribution < -0.4 is 4.74 Å².